The van der Waals surface area contributed by atoms with Crippen LogP contribution in [0, 0.1) is 12.5 Å². The molecule has 0 bridgehead atoms. The lowest BCUT2D eigenvalue weighted by Crippen LogP contribution is -2.06. The van der Waals surface area contributed by atoms with E-state index in [0.717, 1.165) is 0 Å². The zero-order chi connectivity index (χ0) is 7.40. The Morgan fingerprint density at radius 2 is 2.40 bits per heavy atom. The van der Waals surface area contributed by atoms with Crippen LogP contribution in [0.25, 0.3) is 0 Å². The first-order valence-corrected chi connectivity index (χ1v) is 3.44. The van der Waals surface area contributed by atoms with E-state index in [1.807, 2.05) is 0 Å². The Bertz CT molecular complexity index is 118. The zero-order valence-electron chi connectivity index (χ0n) is 6.00. The van der Waals surface area contributed by atoms with E-state index in [1.54, 1.807) is 6.92 Å². The van der Waals surface area contributed by atoms with Gasteiger partial charge in [0.1, 0.15) is 6.61 Å². The van der Waals surface area contributed by atoms with Gasteiger partial charge in [-0.05, 0) is 25.7 Å². The first-order valence-electron chi connectivity index (χ1n) is 3.44. The van der Waals surface area contributed by atoms with Crippen LogP contribution in [0.5, 0.6) is 0 Å². The SMILES string of the molecule is C[CH]OC(=O)OCC1CC1. The maximum Gasteiger partial charge on any atom is 0.508 e. The van der Waals surface area contributed by atoms with Gasteiger partial charge >= 0.3 is 6.16 Å². The fourth-order valence-electron chi connectivity index (χ4n) is 0.601. The van der Waals surface area contributed by atoms with E-state index in [9.17, 15) is 4.79 Å². The molecule has 1 saturated carbocycles. The minimum atomic E-state index is -0.589. The van der Waals surface area contributed by atoms with E-state index in [1.165, 1.54) is 19.4 Å². The van der Waals surface area contributed by atoms with Crippen molar-refractivity contribution in [1.82, 2.24) is 0 Å². The molecule has 1 aliphatic carbocycles. The Morgan fingerprint density at radius 1 is 1.70 bits per heavy atom. The molecule has 0 aromatic carbocycles. The van der Waals surface area contributed by atoms with Crippen LogP contribution >= 0.6 is 0 Å². The highest BCUT2D eigenvalue weighted by atomic mass is 16.7. The zero-order valence-corrected chi connectivity index (χ0v) is 6.00. The normalized spacial score (nSPS) is 16.5. The van der Waals surface area contributed by atoms with E-state index in [4.69, 9.17) is 4.74 Å². The molecule has 0 amide bonds. The lowest BCUT2D eigenvalue weighted by atomic mass is 10.5. The Kier molecular flexibility index (Phi) is 2.54. The first kappa shape index (κ1) is 7.38. The summed E-state index contributed by atoms with van der Waals surface area (Å²) in [5, 5.41) is 0. The van der Waals surface area contributed by atoms with Crippen LogP contribution < -0.4 is 0 Å². The van der Waals surface area contributed by atoms with Crippen LogP contribution in [0.3, 0.4) is 0 Å². The van der Waals surface area contributed by atoms with Crippen molar-refractivity contribution in [2.75, 3.05) is 6.61 Å². The highest BCUT2D eigenvalue weighted by Gasteiger charge is 2.23. The van der Waals surface area contributed by atoms with Gasteiger partial charge in [0.15, 0.2) is 0 Å². The second-order valence-electron chi connectivity index (χ2n) is 2.36. The van der Waals surface area contributed by atoms with Gasteiger partial charge in [-0.25, -0.2) is 4.79 Å². The Morgan fingerprint density at radius 3 is 2.90 bits per heavy atom. The molecule has 0 spiro atoms. The predicted octanol–water partition coefficient (Wildman–Crippen LogP) is 1.73. The lowest BCUT2D eigenvalue weighted by molar-refractivity contribution is 0.0712. The molecular weight excluding hydrogens is 132 g/mol. The Labute approximate surface area is 60.3 Å². The highest BCUT2D eigenvalue weighted by Crippen LogP contribution is 2.28. The third-order valence-electron chi connectivity index (χ3n) is 1.35. The molecule has 0 unspecified atom stereocenters. The summed E-state index contributed by atoms with van der Waals surface area (Å²) < 4.78 is 9.15. The van der Waals surface area contributed by atoms with Crippen LogP contribution in [0.1, 0.15) is 19.8 Å². The molecule has 0 N–H and O–H groups in total. The Balaban J connectivity index is 1.94. The molecule has 0 heterocycles. The molecule has 10 heavy (non-hydrogen) atoms. The van der Waals surface area contributed by atoms with Gasteiger partial charge < -0.3 is 9.47 Å². The van der Waals surface area contributed by atoms with Crippen molar-refractivity contribution >= 4 is 6.16 Å². The van der Waals surface area contributed by atoms with Crippen LogP contribution in [0.15, 0.2) is 0 Å². The molecule has 1 aliphatic rings. The summed E-state index contributed by atoms with van der Waals surface area (Å²) in [6.45, 7) is 3.47. The second-order valence-corrected chi connectivity index (χ2v) is 2.36. The van der Waals surface area contributed by atoms with Crippen molar-refractivity contribution in [3.8, 4) is 0 Å². The number of ether oxygens (including phenoxy) is 2. The first-order chi connectivity index (χ1) is 4.83. The minimum Gasteiger partial charge on any atom is -0.434 e. The van der Waals surface area contributed by atoms with Crippen molar-refractivity contribution in [2.45, 2.75) is 19.8 Å². The summed E-state index contributed by atoms with van der Waals surface area (Å²) >= 11 is 0. The molecular formula is C7H11O3. The second kappa shape index (κ2) is 3.44. The van der Waals surface area contributed by atoms with E-state index < -0.39 is 6.16 Å². The third-order valence-corrected chi connectivity index (χ3v) is 1.35. The van der Waals surface area contributed by atoms with Gasteiger partial charge in [-0.15, -0.1) is 0 Å². The lowest BCUT2D eigenvalue weighted by Gasteiger charge is -2.00. The standard InChI is InChI=1S/C7H11O3/c1-2-9-7(8)10-5-6-3-4-6/h2,6H,3-5H2,1H3. The summed E-state index contributed by atoms with van der Waals surface area (Å²) in [7, 11) is 0. The third kappa shape index (κ3) is 2.71. The number of rotatable bonds is 3. The fourth-order valence-corrected chi connectivity index (χ4v) is 0.601. The van der Waals surface area contributed by atoms with E-state index >= 15 is 0 Å². The van der Waals surface area contributed by atoms with Crippen molar-refractivity contribution in [3.05, 3.63) is 6.61 Å². The van der Waals surface area contributed by atoms with Crippen LogP contribution in [0.2, 0.25) is 0 Å². The molecule has 1 fully saturated rings. The Hall–Kier alpha value is -0.730. The molecule has 0 aromatic heterocycles. The van der Waals surface area contributed by atoms with Crippen molar-refractivity contribution in [1.29, 1.82) is 0 Å². The van der Waals surface area contributed by atoms with Gasteiger partial charge in [0.05, 0.1) is 6.61 Å². The molecule has 3 nitrogen and oxygen atoms in total. The molecule has 57 valence electrons. The van der Waals surface area contributed by atoms with Crippen LogP contribution in [0.4, 0.5) is 4.79 Å². The van der Waals surface area contributed by atoms with Crippen molar-refractivity contribution < 1.29 is 14.3 Å². The molecule has 0 aromatic rings. The quantitative estimate of drug-likeness (QED) is 0.564. The van der Waals surface area contributed by atoms with Crippen molar-refractivity contribution in [3.63, 3.8) is 0 Å². The number of carbonyl (C=O) groups excluding carboxylic acids is 1. The molecule has 0 aliphatic heterocycles. The van der Waals surface area contributed by atoms with E-state index in [0.29, 0.717) is 12.5 Å². The fraction of sp³-hybridized carbons (Fsp3) is 0.714. The van der Waals surface area contributed by atoms with Gasteiger partial charge in [0.25, 0.3) is 0 Å². The van der Waals surface area contributed by atoms with Crippen molar-refractivity contribution in [2.24, 2.45) is 5.92 Å². The van der Waals surface area contributed by atoms with Gasteiger partial charge in [-0.3, -0.25) is 0 Å². The summed E-state index contributed by atoms with van der Waals surface area (Å²) in [4.78, 5) is 10.5. The molecule has 0 saturated heterocycles. The van der Waals surface area contributed by atoms with Crippen LogP contribution in [-0.2, 0) is 9.47 Å². The molecule has 0 atom stereocenters. The maximum atomic E-state index is 10.5. The van der Waals surface area contributed by atoms with E-state index in [-0.39, 0.29) is 0 Å². The number of hydrogen-bond donors (Lipinski definition) is 0. The smallest absolute Gasteiger partial charge is 0.434 e. The summed E-state index contributed by atoms with van der Waals surface area (Å²) in [5.74, 6) is 0.601. The molecule has 1 radical (unpaired) electrons. The maximum absolute atomic E-state index is 10.5. The monoisotopic (exact) mass is 143 g/mol. The molecule has 3 heteroatoms. The summed E-state index contributed by atoms with van der Waals surface area (Å²) in [6, 6.07) is 0. The van der Waals surface area contributed by atoms with Gasteiger partial charge in [0, 0.05) is 0 Å². The average molecular weight is 143 g/mol. The summed E-state index contributed by atoms with van der Waals surface area (Å²) in [6.07, 6.45) is 1.78. The van der Waals surface area contributed by atoms with Crippen LogP contribution in [-0.4, -0.2) is 12.8 Å². The van der Waals surface area contributed by atoms with E-state index in [2.05, 4.69) is 4.74 Å². The average Bonchev–Trinajstić information content (AvgIpc) is 2.67. The highest BCUT2D eigenvalue weighted by molar-refractivity contribution is 5.60. The number of carbonyl (C=O) groups is 1. The van der Waals surface area contributed by atoms with Gasteiger partial charge in [0.2, 0.25) is 0 Å². The van der Waals surface area contributed by atoms with Gasteiger partial charge in [-0.1, -0.05) is 0 Å². The predicted molar refractivity (Wildman–Crippen MR) is 35.1 cm³/mol. The number of hydrogen-bond acceptors (Lipinski definition) is 3. The topological polar surface area (TPSA) is 35.5 Å². The minimum absolute atomic E-state index is 0.521. The largest absolute Gasteiger partial charge is 0.508 e. The molecule has 1 rings (SSSR count). The van der Waals surface area contributed by atoms with Gasteiger partial charge in [-0.2, -0.15) is 0 Å². The summed E-state index contributed by atoms with van der Waals surface area (Å²) in [5.41, 5.74) is 0.